The van der Waals surface area contributed by atoms with Gasteiger partial charge in [-0.3, -0.25) is 4.99 Å². The normalized spacial score (nSPS) is 15.6. The van der Waals surface area contributed by atoms with Crippen molar-refractivity contribution in [3.63, 3.8) is 0 Å². The zero-order chi connectivity index (χ0) is 13.8. The summed E-state index contributed by atoms with van der Waals surface area (Å²) in [5.74, 6) is 1.21. The van der Waals surface area contributed by atoms with Crippen molar-refractivity contribution in [2.45, 2.75) is 25.7 Å². The third kappa shape index (κ3) is 3.46. The minimum Gasteiger partial charge on any atom is -0.278 e. The zero-order valence-electron chi connectivity index (χ0n) is 11.2. The summed E-state index contributed by atoms with van der Waals surface area (Å²) in [6.45, 7) is 1.06. The molecule has 1 aromatic carbocycles. The second-order valence-electron chi connectivity index (χ2n) is 4.89. The molecule has 0 bridgehead atoms. The van der Waals surface area contributed by atoms with E-state index >= 15 is 0 Å². The summed E-state index contributed by atoms with van der Waals surface area (Å²) < 4.78 is 1.09. The Morgan fingerprint density at radius 2 is 2.00 bits per heavy atom. The molecule has 1 aliphatic heterocycles. The lowest BCUT2D eigenvalue weighted by Gasteiger charge is -1.97. The molecule has 1 aliphatic rings. The van der Waals surface area contributed by atoms with Crippen LogP contribution in [0.3, 0.4) is 0 Å². The fraction of sp³-hybridized carbons (Fsp3) is 0.333. The largest absolute Gasteiger partial charge is 0.278 e. The summed E-state index contributed by atoms with van der Waals surface area (Å²) in [6.07, 6.45) is 4.90. The van der Waals surface area contributed by atoms with Gasteiger partial charge in [-0.1, -0.05) is 39.4 Å². The van der Waals surface area contributed by atoms with Crippen molar-refractivity contribution >= 4 is 38.2 Å². The molecule has 0 aliphatic carbocycles. The quantitative estimate of drug-likeness (QED) is 0.873. The van der Waals surface area contributed by atoms with E-state index in [0.717, 1.165) is 33.8 Å². The Hall–Kier alpha value is -1.20. The highest BCUT2D eigenvalue weighted by Crippen LogP contribution is 2.26. The second kappa shape index (κ2) is 6.50. The number of thiazole rings is 1. The number of halogens is 1. The van der Waals surface area contributed by atoms with E-state index in [1.54, 1.807) is 11.3 Å². The summed E-state index contributed by atoms with van der Waals surface area (Å²) in [5.41, 5.74) is 2.18. The highest BCUT2D eigenvalue weighted by Gasteiger charge is 2.14. The van der Waals surface area contributed by atoms with Crippen LogP contribution in [0.5, 0.6) is 0 Å². The minimum absolute atomic E-state index is 0.965. The van der Waals surface area contributed by atoms with E-state index in [1.807, 2.05) is 12.1 Å². The van der Waals surface area contributed by atoms with E-state index in [0.29, 0.717) is 0 Å². The molecule has 3 nitrogen and oxygen atoms in total. The lowest BCUT2D eigenvalue weighted by molar-refractivity contribution is -0.457. The van der Waals surface area contributed by atoms with Crippen LogP contribution in [0.15, 0.2) is 34.1 Å². The van der Waals surface area contributed by atoms with Crippen LogP contribution in [0, 0.1) is 0 Å². The molecule has 0 atom stereocenters. The van der Waals surface area contributed by atoms with Crippen molar-refractivity contribution < 1.29 is 4.99 Å². The molecular weight excluding hydrogens is 334 g/mol. The van der Waals surface area contributed by atoms with Gasteiger partial charge in [-0.25, -0.2) is 5.32 Å². The maximum Gasteiger partial charge on any atom is 0.277 e. The maximum absolute atomic E-state index is 4.67. The van der Waals surface area contributed by atoms with Gasteiger partial charge in [0.1, 0.15) is 0 Å². The van der Waals surface area contributed by atoms with Crippen molar-refractivity contribution in [2.24, 2.45) is 0 Å². The molecule has 1 aromatic heterocycles. The number of rotatable bonds is 2. The number of nitrogens with zero attached hydrogens (tertiary/aromatic N) is 1. The van der Waals surface area contributed by atoms with Gasteiger partial charge in [0.2, 0.25) is 5.84 Å². The van der Waals surface area contributed by atoms with Crippen molar-refractivity contribution in [1.29, 1.82) is 0 Å². The summed E-state index contributed by atoms with van der Waals surface area (Å²) in [5, 5.41) is 6.49. The number of amidine groups is 1. The topological polar surface area (TPSA) is 38.9 Å². The monoisotopic (exact) mass is 350 g/mol. The van der Waals surface area contributed by atoms with E-state index in [2.05, 4.69) is 48.7 Å². The minimum atomic E-state index is 0.965. The Kier molecular flexibility index (Phi) is 4.47. The van der Waals surface area contributed by atoms with Crippen LogP contribution in [0.4, 0.5) is 5.13 Å². The van der Waals surface area contributed by atoms with E-state index < -0.39 is 0 Å². The van der Waals surface area contributed by atoms with Gasteiger partial charge < -0.3 is 0 Å². The van der Waals surface area contributed by atoms with Crippen LogP contribution in [-0.4, -0.2) is 17.4 Å². The Labute approximate surface area is 131 Å². The second-order valence-corrected chi connectivity index (χ2v) is 6.66. The van der Waals surface area contributed by atoms with Crippen LogP contribution >= 0.6 is 27.3 Å². The predicted molar refractivity (Wildman–Crippen MR) is 88.2 cm³/mol. The van der Waals surface area contributed by atoms with E-state index in [4.69, 9.17) is 0 Å². The molecule has 0 fully saturated rings. The Balaban J connectivity index is 1.73. The van der Waals surface area contributed by atoms with Gasteiger partial charge in [0, 0.05) is 21.8 Å². The van der Waals surface area contributed by atoms with E-state index in [1.165, 1.54) is 25.1 Å². The van der Waals surface area contributed by atoms with Gasteiger partial charge in [0.15, 0.2) is 0 Å². The molecule has 0 unspecified atom stereocenters. The van der Waals surface area contributed by atoms with Gasteiger partial charge in [0.05, 0.1) is 12.2 Å². The smallest absolute Gasteiger partial charge is 0.277 e. The molecular formula is C15H17BrN3S+. The van der Waals surface area contributed by atoms with Crippen LogP contribution in [0.1, 0.15) is 25.7 Å². The van der Waals surface area contributed by atoms with Gasteiger partial charge in [-0.2, -0.15) is 4.98 Å². The highest BCUT2D eigenvalue weighted by molar-refractivity contribution is 9.10. The Morgan fingerprint density at radius 1 is 1.15 bits per heavy atom. The standard InChI is InChI=1S/C15H16BrN3S/c16-12-7-5-11(6-8-12)13-10-20-15(18-13)19-14-4-2-1-3-9-17-14/h5-8,10H,1-4,9H2,(H,17,18,19)/p+1. The Morgan fingerprint density at radius 3 is 2.85 bits per heavy atom. The highest BCUT2D eigenvalue weighted by atomic mass is 79.9. The fourth-order valence-electron chi connectivity index (χ4n) is 2.25. The molecule has 20 heavy (non-hydrogen) atoms. The van der Waals surface area contributed by atoms with Gasteiger partial charge in [0.25, 0.3) is 5.13 Å². The molecule has 2 N–H and O–H groups in total. The summed E-state index contributed by atoms with van der Waals surface area (Å²) in [4.78, 5) is 8.12. The predicted octanol–water partition coefficient (Wildman–Crippen LogP) is 3.04. The van der Waals surface area contributed by atoms with Crippen molar-refractivity contribution in [3.8, 4) is 11.3 Å². The molecule has 5 heteroatoms. The van der Waals surface area contributed by atoms with Crippen molar-refractivity contribution in [3.05, 3.63) is 34.1 Å². The molecule has 2 heterocycles. The molecule has 0 spiro atoms. The SMILES string of the molecule is Brc1ccc(-c2csc(NC3=[NH+]CCCCC3)n2)cc1. The first-order valence-electron chi connectivity index (χ1n) is 6.89. The molecule has 2 aromatic rings. The third-order valence-electron chi connectivity index (χ3n) is 3.34. The molecule has 0 radical (unpaired) electrons. The lowest BCUT2D eigenvalue weighted by atomic mass is 10.2. The zero-order valence-corrected chi connectivity index (χ0v) is 13.6. The van der Waals surface area contributed by atoms with Gasteiger partial charge in [-0.15, -0.1) is 0 Å². The van der Waals surface area contributed by atoms with Crippen molar-refractivity contribution in [1.82, 2.24) is 4.98 Å². The maximum atomic E-state index is 4.67. The van der Waals surface area contributed by atoms with Crippen LogP contribution < -0.4 is 10.3 Å². The molecule has 3 rings (SSSR count). The van der Waals surface area contributed by atoms with E-state index in [-0.39, 0.29) is 0 Å². The number of nitrogens with one attached hydrogen (secondary N) is 2. The summed E-state index contributed by atoms with van der Waals surface area (Å²) in [6, 6.07) is 8.26. The summed E-state index contributed by atoms with van der Waals surface area (Å²) in [7, 11) is 0. The first kappa shape index (κ1) is 13.8. The lowest BCUT2D eigenvalue weighted by Crippen LogP contribution is -2.74. The number of aromatic nitrogens is 1. The van der Waals surface area contributed by atoms with Crippen molar-refractivity contribution in [2.75, 3.05) is 11.9 Å². The molecule has 104 valence electrons. The summed E-state index contributed by atoms with van der Waals surface area (Å²) >= 11 is 5.11. The Bertz CT molecular complexity index is 604. The molecule has 0 saturated carbocycles. The number of benzene rings is 1. The molecule has 0 saturated heterocycles. The average Bonchev–Trinajstić information content (AvgIpc) is 2.76. The van der Waals surface area contributed by atoms with Crippen LogP contribution in [0.25, 0.3) is 11.3 Å². The number of hydrogen-bond acceptors (Lipinski definition) is 3. The number of anilines is 1. The first-order chi connectivity index (χ1) is 9.81. The third-order valence-corrected chi connectivity index (χ3v) is 4.63. The van der Waals surface area contributed by atoms with Crippen LogP contribution in [-0.2, 0) is 0 Å². The van der Waals surface area contributed by atoms with E-state index in [9.17, 15) is 0 Å². The first-order valence-corrected chi connectivity index (χ1v) is 8.57. The van der Waals surface area contributed by atoms with Gasteiger partial charge >= 0.3 is 0 Å². The van der Waals surface area contributed by atoms with Gasteiger partial charge in [-0.05, 0) is 31.4 Å². The molecule has 0 amide bonds. The average molecular weight is 351 g/mol. The van der Waals surface area contributed by atoms with Crippen LogP contribution in [0.2, 0.25) is 0 Å². The number of hydrogen-bond donors (Lipinski definition) is 2. The fourth-order valence-corrected chi connectivity index (χ4v) is 3.26.